The number of pyridine rings is 1. The number of hydrogen-bond donors (Lipinski definition) is 1. The Morgan fingerprint density at radius 1 is 1.32 bits per heavy atom. The van der Waals surface area contributed by atoms with Crippen LogP contribution in [0.25, 0.3) is 0 Å². The minimum atomic E-state index is -4.72. The lowest BCUT2D eigenvalue weighted by atomic mass is 10.2. The highest BCUT2D eigenvalue weighted by molar-refractivity contribution is 8.14. The van der Waals surface area contributed by atoms with Crippen LogP contribution < -0.4 is 10.9 Å². The molecule has 2 rings (SSSR count). The molecule has 136 valence electrons. The molecule has 0 unspecified atom stereocenters. The largest absolute Gasteiger partial charge is 0.417 e. The summed E-state index contributed by atoms with van der Waals surface area (Å²) in [6.45, 7) is -0.827. The van der Waals surface area contributed by atoms with Crippen LogP contribution in [0.1, 0.15) is 5.56 Å². The molecule has 1 fully saturated rings. The lowest BCUT2D eigenvalue weighted by Crippen LogP contribution is -2.39. The maximum Gasteiger partial charge on any atom is 0.417 e. The third-order valence-electron chi connectivity index (χ3n) is 3.18. The Kier molecular flexibility index (Phi) is 5.78. The lowest BCUT2D eigenvalue weighted by Gasteiger charge is -2.14. The number of nitrogens with zero attached hydrogens (tertiary/aromatic N) is 2. The van der Waals surface area contributed by atoms with Gasteiger partial charge in [0.05, 0.1) is 11.3 Å². The van der Waals surface area contributed by atoms with Crippen molar-refractivity contribution in [2.24, 2.45) is 0 Å². The molecule has 25 heavy (non-hydrogen) atoms. The quantitative estimate of drug-likeness (QED) is 0.809. The summed E-state index contributed by atoms with van der Waals surface area (Å²) in [5.74, 6) is -1.11. The van der Waals surface area contributed by atoms with Gasteiger partial charge in [-0.15, -0.1) is 0 Å². The van der Waals surface area contributed by atoms with E-state index in [1.165, 1.54) is 0 Å². The number of hydrogen-bond acceptors (Lipinski definition) is 5. The summed E-state index contributed by atoms with van der Waals surface area (Å²) in [5.41, 5.74) is -2.10. The molecule has 0 bridgehead atoms. The number of amides is 3. The van der Waals surface area contributed by atoms with E-state index in [-0.39, 0.29) is 24.7 Å². The third-order valence-corrected chi connectivity index (χ3v) is 4.31. The highest BCUT2D eigenvalue weighted by atomic mass is 35.5. The van der Waals surface area contributed by atoms with Crippen molar-refractivity contribution in [2.45, 2.75) is 12.7 Å². The highest BCUT2D eigenvalue weighted by Gasteiger charge is 2.32. The first-order chi connectivity index (χ1) is 11.6. The van der Waals surface area contributed by atoms with E-state index in [1.807, 2.05) is 0 Å². The van der Waals surface area contributed by atoms with Gasteiger partial charge in [0, 0.05) is 19.3 Å². The number of imide groups is 1. The van der Waals surface area contributed by atoms with E-state index in [0.717, 1.165) is 16.7 Å². The van der Waals surface area contributed by atoms with Crippen LogP contribution in [0.15, 0.2) is 17.1 Å². The van der Waals surface area contributed by atoms with Crippen molar-refractivity contribution in [2.75, 3.05) is 18.8 Å². The standard InChI is InChI=1S/C13H11ClF3N3O4S/c14-8-3-7(13(15,16)17)4-19(11(8)23)5-9(21)18-1-2-20-10(22)6-25-12(20)24/h3-4H,1-2,5-6H2,(H,18,21). The Morgan fingerprint density at radius 3 is 2.56 bits per heavy atom. The van der Waals surface area contributed by atoms with Crippen molar-refractivity contribution in [1.29, 1.82) is 0 Å². The van der Waals surface area contributed by atoms with Gasteiger partial charge in [-0.25, -0.2) is 0 Å². The van der Waals surface area contributed by atoms with Crippen molar-refractivity contribution in [3.05, 3.63) is 33.2 Å². The van der Waals surface area contributed by atoms with E-state index >= 15 is 0 Å². The average Bonchev–Trinajstić information content (AvgIpc) is 2.82. The number of rotatable bonds is 5. The second-order valence-electron chi connectivity index (χ2n) is 4.96. The maximum absolute atomic E-state index is 12.7. The van der Waals surface area contributed by atoms with Crippen LogP contribution in [-0.4, -0.2) is 45.4 Å². The number of thioether (sulfide) groups is 1. The molecular formula is C13H11ClF3N3O4S. The van der Waals surface area contributed by atoms with Gasteiger partial charge in [-0.05, 0) is 6.07 Å². The molecule has 2 heterocycles. The van der Waals surface area contributed by atoms with Gasteiger partial charge in [-0.1, -0.05) is 23.4 Å². The van der Waals surface area contributed by atoms with E-state index in [4.69, 9.17) is 11.6 Å². The average molecular weight is 398 g/mol. The van der Waals surface area contributed by atoms with Gasteiger partial charge in [0.15, 0.2) is 0 Å². The molecule has 7 nitrogen and oxygen atoms in total. The van der Waals surface area contributed by atoms with E-state index in [9.17, 15) is 32.3 Å². The Bertz CT molecular complexity index is 765. The molecule has 0 radical (unpaired) electrons. The van der Waals surface area contributed by atoms with Crippen molar-refractivity contribution in [3.63, 3.8) is 0 Å². The van der Waals surface area contributed by atoms with Crippen molar-refractivity contribution in [1.82, 2.24) is 14.8 Å². The summed E-state index contributed by atoms with van der Waals surface area (Å²) in [6.07, 6.45) is -4.22. The molecule has 1 aliphatic rings. The van der Waals surface area contributed by atoms with Crippen LogP contribution in [0.2, 0.25) is 5.02 Å². The van der Waals surface area contributed by atoms with E-state index in [1.54, 1.807) is 0 Å². The Hall–Kier alpha value is -2.01. The monoisotopic (exact) mass is 397 g/mol. The normalized spacial score (nSPS) is 15.0. The molecule has 1 saturated heterocycles. The SMILES string of the molecule is O=C(Cn1cc(C(F)(F)F)cc(Cl)c1=O)NCCN1C(=O)CSC1=O. The van der Waals surface area contributed by atoms with Crippen LogP contribution >= 0.6 is 23.4 Å². The number of nitrogens with one attached hydrogen (secondary N) is 1. The van der Waals surface area contributed by atoms with Gasteiger partial charge in [-0.2, -0.15) is 13.2 Å². The smallest absolute Gasteiger partial charge is 0.353 e. The summed E-state index contributed by atoms with van der Waals surface area (Å²) in [5, 5.41) is 1.24. The zero-order valence-electron chi connectivity index (χ0n) is 12.4. The summed E-state index contributed by atoms with van der Waals surface area (Å²) in [4.78, 5) is 47.2. The first-order valence-electron chi connectivity index (χ1n) is 6.80. The van der Waals surface area contributed by atoms with Gasteiger partial charge >= 0.3 is 6.18 Å². The molecule has 1 aromatic rings. The maximum atomic E-state index is 12.7. The van der Waals surface area contributed by atoms with Crippen LogP contribution in [0.4, 0.5) is 18.0 Å². The third kappa shape index (κ3) is 4.75. The summed E-state index contributed by atoms with van der Waals surface area (Å²) < 4.78 is 38.7. The predicted octanol–water partition coefficient (Wildman–Crippen LogP) is 1.33. The Labute approximate surface area is 148 Å². The van der Waals surface area contributed by atoms with Crippen LogP contribution in [-0.2, 0) is 22.3 Å². The highest BCUT2D eigenvalue weighted by Crippen LogP contribution is 2.29. The zero-order valence-corrected chi connectivity index (χ0v) is 14.0. The van der Waals surface area contributed by atoms with Crippen molar-refractivity contribution in [3.8, 4) is 0 Å². The van der Waals surface area contributed by atoms with Gasteiger partial charge in [-0.3, -0.25) is 24.1 Å². The first-order valence-corrected chi connectivity index (χ1v) is 8.17. The molecule has 0 atom stereocenters. The number of carbonyl (C=O) groups excluding carboxylic acids is 3. The first kappa shape index (κ1) is 19.3. The minimum Gasteiger partial charge on any atom is -0.353 e. The zero-order chi connectivity index (χ0) is 18.8. The van der Waals surface area contributed by atoms with Gasteiger partial charge in [0.1, 0.15) is 11.6 Å². The fourth-order valence-electron chi connectivity index (χ4n) is 1.99. The molecule has 1 aromatic heterocycles. The van der Waals surface area contributed by atoms with Gasteiger partial charge in [0.25, 0.3) is 10.8 Å². The van der Waals surface area contributed by atoms with Crippen LogP contribution in [0.5, 0.6) is 0 Å². The predicted molar refractivity (Wildman–Crippen MR) is 83.3 cm³/mol. The fraction of sp³-hybridized carbons (Fsp3) is 0.385. The van der Waals surface area contributed by atoms with Crippen LogP contribution in [0.3, 0.4) is 0 Å². The Morgan fingerprint density at radius 2 is 2.00 bits per heavy atom. The molecule has 0 aliphatic carbocycles. The molecule has 1 N–H and O–H groups in total. The summed E-state index contributed by atoms with van der Waals surface area (Å²) in [7, 11) is 0. The number of halogens is 4. The summed E-state index contributed by atoms with van der Waals surface area (Å²) >= 11 is 6.32. The minimum absolute atomic E-state index is 0.0326. The number of aromatic nitrogens is 1. The van der Waals surface area contributed by atoms with Gasteiger partial charge in [0.2, 0.25) is 11.8 Å². The van der Waals surface area contributed by atoms with E-state index < -0.39 is 40.0 Å². The number of carbonyl (C=O) groups is 3. The van der Waals surface area contributed by atoms with Gasteiger partial charge < -0.3 is 9.88 Å². The molecule has 12 heteroatoms. The Balaban J connectivity index is 1.98. The van der Waals surface area contributed by atoms with Crippen LogP contribution in [0, 0.1) is 0 Å². The van der Waals surface area contributed by atoms with Crippen molar-refractivity contribution >= 4 is 40.4 Å². The number of alkyl halides is 3. The van der Waals surface area contributed by atoms with E-state index in [2.05, 4.69) is 5.32 Å². The molecular weight excluding hydrogens is 387 g/mol. The molecule has 0 aromatic carbocycles. The molecule has 3 amide bonds. The topological polar surface area (TPSA) is 88.5 Å². The lowest BCUT2D eigenvalue weighted by molar-refractivity contribution is -0.138. The molecule has 1 aliphatic heterocycles. The molecule has 0 spiro atoms. The van der Waals surface area contributed by atoms with E-state index in [0.29, 0.717) is 16.8 Å². The summed E-state index contributed by atoms with van der Waals surface area (Å²) in [6, 6.07) is 0.487. The molecule has 0 saturated carbocycles. The second-order valence-corrected chi connectivity index (χ2v) is 6.29. The fourth-order valence-corrected chi connectivity index (χ4v) is 2.96. The van der Waals surface area contributed by atoms with Crippen molar-refractivity contribution < 1.29 is 27.6 Å². The second kappa shape index (κ2) is 7.48.